The maximum Gasteiger partial charge on any atom is 0.410 e. The van der Waals surface area contributed by atoms with E-state index in [1.807, 2.05) is 43.9 Å². The molecule has 0 bridgehead atoms. The van der Waals surface area contributed by atoms with E-state index < -0.39 is 5.60 Å². The third kappa shape index (κ3) is 6.28. The van der Waals surface area contributed by atoms with E-state index >= 15 is 0 Å². The van der Waals surface area contributed by atoms with Crippen molar-refractivity contribution in [2.75, 3.05) is 26.7 Å². The molecule has 4 rings (SSSR count). The molecule has 1 N–H and O–H groups in total. The average molecular weight is 512 g/mol. The fraction of sp³-hybridized carbons (Fsp3) is 0.621. The third-order valence-electron chi connectivity index (χ3n) is 7.54. The molecule has 2 aromatic rings. The monoisotopic (exact) mass is 511 g/mol. The molecule has 8 nitrogen and oxygen atoms in total. The van der Waals surface area contributed by atoms with Gasteiger partial charge < -0.3 is 24.3 Å². The lowest BCUT2D eigenvalue weighted by Crippen LogP contribution is -2.45. The van der Waals surface area contributed by atoms with Crippen molar-refractivity contribution in [2.45, 2.75) is 77.9 Å². The van der Waals surface area contributed by atoms with E-state index in [1.54, 1.807) is 18.9 Å². The van der Waals surface area contributed by atoms with E-state index in [4.69, 9.17) is 9.47 Å². The first-order valence-corrected chi connectivity index (χ1v) is 13.6. The van der Waals surface area contributed by atoms with Gasteiger partial charge in [-0.2, -0.15) is 0 Å². The summed E-state index contributed by atoms with van der Waals surface area (Å²) in [6, 6.07) is 7.80. The van der Waals surface area contributed by atoms with Crippen LogP contribution in [-0.4, -0.2) is 65.1 Å². The molecule has 2 heterocycles. The normalized spacial score (nSPS) is 21.9. The van der Waals surface area contributed by atoms with Crippen molar-refractivity contribution in [3.8, 4) is 0 Å². The summed E-state index contributed by atoms with van der Waals surface area (Å²) in [6.07, 6.45) is 3.95. The molecule has 8 heteroatoms. The summed E-state index contributed by atoms with van der Waals surface area (Å²) in [6.45, 7) is 8.94. The molecule has 37 heavy (non-hydrogen) atoms. The number of nitrogens with zero attached hydrogens (tertiary/aromatic N) is 2. The number of amides is 2. The van der Waals surface area contributed by atoms with Crippen LogP contribution < -0.4 is 0 Å². The second kappa shape index (κ2) is 11.2. The molecule has 2 amide bonds. The van der Waals surface area contributed by atoms with Gasteiger partial charge in [0.25, 0.3) is 0 Å². The molecule has 1 aromatic carbocycles. The molecule has 202 valence electrons. The van der Waals surface area contributed by atoms with Crippen LogP contribution in [-0.2, 0) is 25.5 Å². The Hall–Kier alpha value is -3.03. The smallest absolute Gasteiger partial charge is 0.410 e. The van der Waals surface area contributed by atoms with Crippen LogP contribution in [0.25, 0.3) is 10.9 Å². The molecule has 1 fully saturated rings. The maximum absolute atomic E-state index is 13.8. The second-order valence-electron chi connectivity index (χ2n) is 11.4. The zero-order valence-corrected chi connectivity index (χ0v) is 22.8. The van der Waals surface area contributed by atoms with Gasteiger partial charge in [-0.3, -0.25) is 9.59 Å². The number of carbonyl (C=O) groups is 3. The molecule has 1 saturated carbocycles. The Morgan fingerprint density at radius 3 is 2.49 bits per heavy atom. The Kier molecular flexibility index (Phi) is 8.14. The topological polar surface area (TPSA) is 91.9 Å². The molecule has 0 radical (unpaired) electrons. The number of hydrogen-bond donors (Lipinski definition) is 1. The van der Waals surface area contributed by atoms with Gasteiger partial charge in [0.1, 0.15) is 5.60 Å². The van der Waals surface area contributed by atoms with E-state index in [0.717, 1.165) is 48.7 Å². The molecule has 0 saturated heterocycles. The summed E-state index contributed by atoms with van der Waals surface area (Å²) in [5.74, 6) is 0.112. The third-order valence-corrected chi connectivity index (χ3v) is 7.54. The molecule has 1 aromatic heterocycles. The van der Waals surface area contributed by atoms with Crippen molar-refractivity contribution in [1.82, 2.24) is 14.8 Å². The highest BCUT2D eigenvalue weighted by Crippen LogP contribution is 2.39. The summed E-state index contributed by atoms with van der Waals surface area (Å²) in [7, 11) is 1.77. The van der Waals surface area contributed by atoms with E-state index in [2.05, 4.69) is 11.1 Å². The predicted octanol–water partition coefficient (Wildman–Crippen LogP) is 5.22. The van der Waals surface area contributed by atoms with E-state index in [0.29, 0.717) is 25.6 Å². The van der Waals surface area contributed by atoms with Gasteiger partial charge in [-0.15, -0.1) is 0 Å². The van der Waals surface area contributed by atoms with Crippen LogP contribution >= 0.6 is 0 Å². The van der Waals surface area contributed by atoms with Crippen molar-refractivity contribution in [3.05, 3.63) is 35.5 Å². The van der Waals surface area contributed by atoms with Gasteiger partial charge in [0, 0.05) is 42.7 Å². The van der Waals surface area contributed by atoms with E-state index in [1.165, 1.54) is 5.56 Å². The highest BCUT2D eigenvalue weighted by molar-refractivity contribution is 5.87. The first-order chi connectivity index (χ1) is 17.6. The van der Waals surface area contributed by atoms with Crippen LogP contribution in [0.2, 0.25) is 0 Å². The molecule has 0 spiro atoms. The van der Waals surface area contributed by atoms with Gasteiger partial charge in [0.15, 0.2) is 0 Å². The van der Waals surface area contributed by atoms with Crippen LogP contribution in [0.3, 0.4) is 0 Å². The quantitative estimate of drug-likeness (QED) is 0.537. The van der Waals surface area contributed by atoms with Crippen molar-refractivity contribution in [2.24, 2.45) is 11.8 Å². The molecule has 2 aliphatic rings. The number of para-hydroxylation sites is 1. The van der Waals surface area contributed by atoms with Crippen molar-refractivity contribution < 1.29 is 23.9 Å². The highest BCUT2D eigenvalue weighted by atomic mass is 16.6. The number of esters is 1. The summed E-state index contributed by atoms with van der Waals surface area (Å²) in [5, 5.41) is 1.16. The molecule has 1 aliphatic carbocycles. The van der Waals surface area contributed by atoms with Crippen LogP contribution in [0.4, 0.5) is 4.79 Å². The van der Waals surface area contributed by atoms with Crippen LogP contribution in [0.15, 0.2) is 24.3 Å². The number of carbonyl (C=O) groups excluding carboxylic acids is 3. The van der Waals surface area contributed by atoms with Gasteiger partial charge in [-0.25, -0.2) is 4.79 Å². The Labute approximate surface area is 219 Å². The Morgan fingerprint density at radius 1 is 1.11 bits per heavy atom. The fourth-order valence-electron chi connectivity index (χ4n) is 5.80. The fourth-order valence-corrected chi connectivity index (χ4v) is 5.80. The van der Waals surface area contributed by atoms with Crippen LogP contribution in [0.1, 0.15) is 77.1 Å². The second-order valence-corrected chi connectivity index (χ2v) is 11.4. The summed E-state index contributed by atoms with van der Waals surface area (Å²) in [4.78, 5) is 45.8. The number of aromatic amines is 1. The molecule has 1 atom stereocenters. The van der Waals surface area contributed by atoms with Gasteiger partial charge in [-0.1, -0.05) is 18.2 Å². The zero-order chi connectivity index (χ0) is 26.7. The molecular formula is C29H41N3O5. The summed E-state index contributed by atoms with van der Waals surface area (Å²) >= 11 is 0. The van der Waals surface area contributed by atoms with Crippen molar-refractivity contribution in [3.63, 3.8) is 0 Å². The molecular weight excluding hydrogens is 470 g/mol. The van der Waals surface area contributed by atoms with Crippen molar-refractivity contribution in [1.29, 1.82) is 0 Å². The lowest BCUT2D eigenvalue weighted by Gasteiger charge is -2.39. The Morgan fingerprint density at radius 2 is 1.81 bits per heavy atom. The highest BCUT2D eigenvalue weighted by Gasteiger charge is 2.39. The number of rotatable bonds is 6. The first-order valence-electron chi connectivity index (χ1n) is 13.6. The zero-order valence-electron chi connectivity index (χ0n) is 22.8. The average Bonchev–Trinajstić information content (AvgIpc) is 3.23. The molecule has 1 aliphatic heterocycles. The van der Waals surface area contributed by atoms with Gasteiger partial charge in [0.05, 0.1) is 19.1 Å². The van der Waals surface area contributed by atoms with Crippen molar-refractivity contribution >= 4 is 28.9 Å². The Balaban J connectivity index is 1.43. The SMILES string of the molecule is CCOC(=O)CC1c2[nH]c3ccccc3c2CCN1C(=O)[C@H]1CC[C@H](CN(C)C(=O)OC(C)(C)C)CC1. The predicted molar refractivity (Wildman–Crippen MR) is 142 cm³/mol. The summed E-state index contributed by atoms with van der Waals surface area (Å²) < 4.78 is 10.8. The standard InChI is InChI=1S/C29H41N3O5/c1-6-36-25(33)17-24-26-22(21-9-7-8-10-23(21)30-26)15-16-32(24)27(34)20-13-11-19(12-14-20)18-31(5)28(35)37-29(2,3)4/h7-10,19-20,24,30H,6,11-18H2,1-5H3/t19-,20-,24?. The van der Waals surface area contributed by atoms with Gasteiger partial charge in [0.2, 0.25) is 5.91 Å². The lowest BCUT2D eigenvalue weighted by molar-refractivity contribution is -0.147. The number of hydrogen-bond acceptors (Lipinski definition) is 5. The number of benzene rings is 1. The number of H-pyrrole nitrogens is 1. The number of fused-ring (bicyclic) bond motifs is 3. The van der Waals surface area contributed by atoms with E-state index in [-0.39, 0.29) is 36.4 Å². The lowest BCUT2D eigenvalue weighted by atomic mass is 9.80. The van der Waals surface area contributed by atoms with E-state index in [9.17, 15) is 14.4 Å². The number of nitrogens with one attached hydrogen (secondary N) is 1. The van der Waals surface area contributed by atoms with Gasteiger partial charge >= 0.3 is 12.1 Å². The minimum atomic E-state index is -0.519. The Bertz CT molecular complexity index is 1130. The first kappa shape index (κ1) is 27.0. The summed E-state index contributed by atoms with van der Waals surface area (Å²) in [5.41, 5.74) is 2.67. The van der Waals surface area contributed by atoms with Gasteiger partial charge in [-0.05, 0) is 77.3 Å². The minimum Gasteiger partial charge on any atom is -0.466 e. The van der Waals surface area contributed by atoms with Crippen LogP contribution in [0, 0.1) is 11.8 Å². The van der Waals surface area contributed by atoms with Crippen LogP contribution in [0.5, 0.6) is 0 Å². The number of ether oxygens (including phenoxy) is 2. The number of aromatic nitrogens is 1. The minimum absolute atomic E-state index is 0.0706. The maximum atomic E-state index is 13.8. The largest absolute Gasteiger partial charge is 0.466 e. The molecule has 1 unspecified atom stereocenters.